The highest BCUT2D eigenvalue weighted by Gasteiger charge is 2.12. The molecule has 4 heteroatoms. The molecule has 80 valence electrons. The molecular weight excluding hydrogens is 184 g/mol. The van der Waals surface area contributed by atoms with Crippen LogP contribution >= 0.6 is 0 Å². The van der Waals surface area contributed by atoms with Crippen LogP contribution in [0.5, 0.6) is 0 Å². The van der Waals surface area contributed by atoms with Gasteiger partial charge in [-0.15, -0.1) is 0 Å². The number of carbonyl (C=O) groups excluding carboxylic acids is 2. The minimum atomic E-state index is -0.892. The van der Waals surface area contributed by atoms with Crippen molar-refractivity contribution in [3.63, 3.8) is 0 Å². The zero-order valence-corrected chi connectivity index (χ0v) is 8.78. The molecular formula is C10H16O4. The first-order valence-corrected chi connectivity index (χ1v) is 4.59. The summed E-state index contributed by atoms with van der Waals surface area (Å²) in [4.78, 5) is 21.7. The fourth-order valence-corrected chi connectivity index (χ4v) is 0.816. The summed E-state index contributed by atoms with van der Waals surface area (Å²) in [6.45, 7) is 4.89. The lowest BCUT2D eigenvalue weighted by atomic mass is 10.3. The van der Waals surface area contributed by atoms with Crippen molar-refractivity contribution >= 4 is 11.9 Å². The van der Waals surface area contributed by atoms with E-state index < -0.39 is 12.3 Å². The summed E-state index contributed by atoms with van der Waals surface area (Å²) in [5, 5.41) is 0. The van der Waals surface area contributed by atoms with Crippen molar-refractivity contribution in [3.05, 3.63) is 12.2 Å². The molecule has 0 aromatic rings. The van der Waals surface area contributed by atoms with Gasteiger partial charge in [0.05, 0.1) is 0 Å². The van der Waals surface area contributed by atoms with Gasteiger partial charge >= 0.3 is 11.9 Å². The van der Waals surface area contributed by atoms with Crippen LogP contribution in [0.3, 0.4) is 0 Å². The van der Waals surface area contributed by atoms with E-state index in [0.717, 1.165) is 0 Å². The number of hydrogen-bond acceptors (Lipinski definition) is 4. The Morgan fingerprint density at radius 3 is 2.43 bits per heavy atom. The van der Waals surface area contributed by atoms with E-state index >= 15 is 0 Å². The normalized spacial score (nSPS) is 12.5. The minimum Gasteiger partial charge on any atom is -0.421 e. The van der Waals surface area contributed by atoms with Crippen LogP contribution in [0.2, 0.25) is 0 Å². The maximum absolute atomic E-state index is 11.1. The molecule has 0 amide bonds. The van der Waals surface area contributed by atoms with E-state index in [1.165, 1.54) is 13.0 Å². The van der Waals surface area contributed by atoms with E-state index in [4.69, 9.17) is 9.47 Å². The lowest BCUT2D eigenvalue weighted by molar-refractivity contribution is -0.177. The number of ether oxygens (including phenoxy) is 2. The van der Waals surface area contributed by atoms with Gasteiger partial charge in [-0.2, -0.15) is 0 Å². The molecule has 0 aliphatic rings. The molecule has 0 saturated carbocycles. The second-order valence-corrected chi connectivity index (χ2v) is 2.74. The zero-order valence-electron chi connectivity index (χ0n) is 8.78. The van der Waals surface area contributed by atoms with Gasteiger partial charge in [-0.05, 0) is 19.4 Å². The molecule has 0 rings (SSSR count). The average Bonchev–Trinajstić information content (AvgIpc) is 2.03. The molecule has 0 aromatic heterocycles. The summed E-state index contributed by atoms with van der Waals surface area (Å²) in [6.07, 6.45) is 3.31. The molecule has 0 aliphatic carbocycles. The van der Waals surface area contributed by atoms with Gasteiger partial charge in [0.1, 0.15) is 0 Å². The van der Waals surface area contributed by atoms with Crippen molar-refractivity contribution in [3.8, 4) is 0 Å². The van der Waals surface area contributed by atoms with Crippen LogP contribution in [0.15, 0.2) is 12.2 Å². The molecule has 1 atom stereocenters. The highest BCUT2D eigenvalue weighted by molar-refractivity contribution is 5.70. The quantitative estimate of drug-likeness (QED) is 0.385. The Balaban J connectivity index is 4.08. The van der Waals surface area contributed by atoms with Gasteiger partial charge in [0.15, 0.2) is 0 Å². The Kier molecular flexibility index (Phi) is 6.45. The number of hydrogen-bond donors (Lipinski definition) is 0. The number of esters is 2. The lowest BCUT2D eigenvalue weighted by Gasteiger charge is -2.13. The maximum Gasteiger partial charge on any atom is 0.309 e. The van der Waals surface area contributed by atoms with Gasteiger partial charge in [-0.1, -0.05) is 13.0 Å². The summed E-state index contributed by atoms with van der Waals surface area (Å²) in [7, 11) is 0. The van der Waals surface area contributed by atoms with Gasteiger partial charge in [0.25, 0.3) is 6.29 Å². The molecule has 0 aliphatic heterocycles. The van der Waals surface area contributed by atoms with Crippen LogP contribution in [0.1, 0.15) is 33.6 Å². The molecule has 0 spiro atoms. The van der Waals surface area contributed by atoms with E-state index in [1.54, 1.807) is 13.0 Å². The van der Waals surface area contributed by atoms with Gasteiger partial charge in [-0.25, -0.2) is 0 Å². The smallest absolute Gasteiger partial charge is 0.309 e. The van der Waals surface area contributed by atoms with E-state index in [0.29, 0.717) is 12.8 Å². The van der Waals surface area contributed by atoms with Crippen molar-refractivity contribution < 1.29 is 19.1 Å². The first-order chi connectivity index (χ1) is 6.60. The Bertz CT molecular complexity index is 220. The highest BCUT2D eigenvalue weighted by Crippen LogP contribution is 2.02. The van der Waals surface area contributed by atoms with Crippen LogP contribution in [0, 0.1) is 0 Å². The largest absolute Gasteiger partial charge is 0.421 e. The van der Waals surface area contributed by atoms with Crippen molar-refractivity contribution in [1.29, 1.82) is 0 Å². The van der Waals surface area contributed by atoms with Crippen molar-refractivity contribution in [2.45, 2.75) is 39.9 Å². The van der Waals surface area contributed by atoms with Crippen LogP contribution in [0.4, 0.5) is 0 Å². The SMILES string of the molecule is CC=CC(OC(C)=O)OC(=O)CCC. The molecule has 0 aromatic carbocycles. The first-order valence-electron chi connectivity index (χ1n) is 4.59. The Hall–Kier alpha value is -1.32. The zero-order chi connectivity index (χ0) is 11.0. The maximum atomic E-state index is 11.1. The predicted molar refractivity (Wildman–Crippen MR) is 51.4 cm³/mol. The lowest BCUT2D eigenvalue weighted by Crippen LogP contribution is -2.21. The fourth-order valence-electron chi connectivity index (χ4n) is 0.816. The van der Waals surface area contributed by atoms with E-state index in [9.17, 15) is 9.59 Å². The van der Waals surface area contributed by atoms with Crippen LogP contribution in [0.25, 0.3) is 0 Å². The van der Waals surface area contributed by atoms with Gasteiger partial charge in [0.2, 0.25) is 0 Å². The average molecular weight is 200 g/mol. The highest BCUT2D eigenvalue weighted by atomic mass is 16.7. The number of carbonyl (C=O) groups is 2. The third-order valence-corrected chi connectivity index (χ3v) is 1.33. The third kappa shape index (κ3) is 6.22. The Labute approximate surface area is 83.9 Å². The fraction of sp³-hybridized carbons (Fsp3) is 0.600. The molecule has 4 nitrogen and oxygen atoms in total. The summed E-state index contributed by atoms with van der Waals surface area (Å²) in [5.74, 6) is -0.839. The predicted octanol–water partition coefficient (Wildman–Crippen LogP) is 1.79. The van der Waals surface area contributed by atoms with Gasteiger partial charge in [0, 0.05) is 13.3 Å². The van der Waals surface area contributed by atoms with Crippen molar-refractivity contribution in [2.24, 2.45) is 0 Å². The standard InChI is InChI=1S/C10H16O4/c1-4-6-9(12)14-10(7-5-2)13-8(3)11/h5,7,10H,4,6H2,1-3H3. The topological polar surface area (TPSA) is 52.6 Å². The van der Waals surface area contributed by atoms with Crippen LogP contribution in [-0.2, 0) is 19.1 Å². The van der Waals surface area contributed by atoms with E-state index in [-0.39, 0.29) is 5.97 Å². The Morgan fingerprint density at radius 2 is 2.00 bits per heavy atom. The summed E-state index contributed by atoms with van der Waals surface area (Å²) in [6, 6.07) is 0. The van der Waals surface area contributed by atoms with Gasteiger partial charge < -0.3 is 9.47 Å². The molecule has 0 fully saturated rings. The van der Waals surface area contributed by atoms with Crippen LogP contribution in [-0.4, -0.2) is 18.2 Å². The second kappa shape index (κ2) is 7.12. The van der Waals surface area contributed by atoms with Crippen molar-refractivity contribution in [1.82, 2.24) is 0 Å². The number of rotatable bonds is 5. The summed E-state index contributed by atoms with van der Waals surface area (Å²) in [5.41, 5.74) is 0. The minimum absolute atomic E-state index is 0.329. The summed E-state index contributed by atoms with van der Waals surface area (Å²) >= 11 is 0. The third-order valence-electron chi connectivity index (χ3n) is 1.33. The van der Waals surface area contributed by atoms with Gasteiger partial charge in [-0.3, -0.25) is 9.59 Å². The summed E-state index contributed by atoms with van der Waals surface area (Å²) < 4.78 is 9.61. The van der Waals surface area contributed by atoms with E-state index in [2.05, 4.69) is 0 Å². The molecule has 0 radical (unpaired) electrons. The second-order valence-electron chi connectivity index (χ2n) is 2.74. The number of allylic oxidation sites excluding steroid dienone is 1. The molecule has 1 unspecified atom stereocenters. The van der Waals surface area contributed by atoms with Crippen LogP contribution < -0.4 is 0 Å². The molecule has 14 heavy (non-hydrogen) atoms. The molecule has 0 N–H and O–H groups in total. The first kappa shape index (κ1) is 12.7. The molecule has 0 saturated heterocycles. The monoisotopic (exact) mass is 200 g/mol. The molecule has 0 bridgehead atoms. The van der Waals surface area contributed by atoms with Crippen molar-refractivity contribution in [2.75, 3.05) is 0 Å². The van der Waals surface area contributed by atoms with E-state index in [1.807, 2.05) is 6.92 Å². The molecule has 0 heterocycles. The Morgan fingerprint density at radius 1 is 1.36 bits per heavy atom.